The van der Waals surface area contributed by atoms with Crippen LogP contribution in [0.15, 0.2) is 85.5 Å². The first-order valence-corrected chi connectivity index (χ1v) is 14.5. The number of nitrogens with zero attached hydrogens (tertiary/aromatic N) is 3. The van der Waals surface area contributed by atoms with Crippen LogP contribution < -0.4 is 0 Å². The smallest absolute Gasteiger partial charge is 0.236 e. The summed E-state index contributed by atoms with van der Waals surface area (Å²) in [6.45, 7) is 3.12. The Labute approximate surface area is 211 Å². The van der Waals surface area contributed by atoms with Crippen LogP contribution in [0.4, 0.5) is 0 Å². The number of benzene rings is 1. The second-order valence-corrected chi connectivity index (χ2v) is 12.1. The fourth-order valence-corrected chi connectivity index (χ4v) is 5.68. The molecule has 0 saturated carbocycles. The molecule has 1 aromatic carbocycles. The van der Waals surface area contributed by atoms with E-state index in [1.54, 1.807) is 47.3 Å². The largest absolute Gasteiger partial charge is 0.444 e. The molecule has 5 rings (SSSR count). The standard InChI is InChI=1S/C25H23N3O4S3/c1-17(18-7-9-21(10-8-18)35(2,29)30)28(13-19-15-31-24(26-19)22-5-3-11-33-22)14-20-16-32-25(27-20)23-6-4-12-34-23/h3-12,15-17H,13-14H2,1-2H3. The van der Waals surface area contributed by atoms with Gasteiger partial charge in [-0.2, -0.15) is 0 Å². The number of hydrogen-bond donors (Lipinski definition) is 0. The average Bonchev–Trinajstić information content (AvgIpc) is 3.64. The van der Waals surface area contributed by atoms with E-state index in [9.17, 15) is 8.42 Å². The van der Waals surface area contributed by atoms with Gasteiger partial charge < -0.3 is 8.83 Å². The maximum absolute atomic E-state index is 11.9. The molecular formula is C25H23N3O4S3. The number of aromatic nitrogens is 2. The third-order valence-corrected chi connectivity index (χ3v) is 8.48. The molecule has 7 nitrogen and oxygen atoms in total. The van der Waals surface area contributed by atoms with E-state index in [1.807, 2.05) is 47.2 Å². The third kappa shape index (κ3) is 5.46. The summed E-state index contributed by atoms with van der Waals surface area (Å²) in [5.41, 5.74) is 2.59. The number of sulfone groups is 1. The van der Waals surface area contributed by atoms with E-state index < -0.39 is 9.84 Å². The number of oxazole rings is 2. The fraction of sp³-hybridized carbons (Fsp3) is 0.200. The Kier molecular flexibility index (Phi) is 6.70. The van der Waals surface area contributed by atoms with E-state index in [0.717, 1.165) is 26.7 Å². The summed E-state index contributed by atoms with van der Waals surface area (Å²) in [5.74, 6) is 1.20. The summed E-state index contributed by atoms with van der Waals surface area (Å²) in [6.07, 6.45) is 4.58. The zero-order valence-corrected chi connectivity index (χ0v) is 21.6. The third-order valence-electron chi connectivity index (χ3n) is 5.64. The van der Waals surface area contributed by atoms with Crippen molar-refractivity contribution < 1.29 is 17.3 Å². The SMILES string of the molecule is CC(c1ccc(S(C)(=O)=O)cc1)N(Cc1coc(-c2cccs2)n1)Cc1coc(-c2cccs2)n1. The Morgan fingerprint density at radius 2 is 1.37 bits per heavy atom. The molecule has 5 aromatic rings. The highest BCUT2D eigenvalue weighted by atomic mass is 32.2. The molecule has 1 unspecified atom stereocenters. The number of hydrogen-bond acceptors (Lipinski definition) is 9. The van der Waals surface area contributed by atoms with Crippen LogP contribution in [0.5, 0.6) is 0 Å². The van der Waals surface area contributed by atoms with Crippen LogP contribution in [0, 0.1) is 0 Å². The van der Waals surface area contributed by atoms with Crippen molar-refractivity contribution in [2.75, 3.05) is 6.26 Å². The van der Waals surface area contributed by atoms with Crippen LogP contribution in [0.3, 0.4) is 0 Å². The molecule has 10 heteroatoms. The Morgan fingerprint density at radius 1 is 0.857 bits per heavy atom. The molecule has 1 atom stereocenters. The van der Waals surface area contributed by atoms with Gasteiger partial charge in [-0.25, -0.2) is 18.4 Å². The highest BCUT2D eigenvalue weighted by Crippen LogP contribution is 2.29. The maximum Gasteiger partial charge on any atom is 0.236 e. The monoisotopic (exact) mass is 525 g/mol. The minimum atomic E-state index is -3.26. The van der Waals surface area contributed by atoms with Crippen LogP contribution in [-0.2, 0) is 22.9 Å². The summed E-state index contributed by atoms with van der Waals surface area (Å²) in [5, 5.41) is 3.98. The van der Waals surface area contributed by atoms with E-state index in [2.05, 4.69) is 21.8 Å². The summed E-state index contributed by atoms with van der Waals surface area (Å²) in [4.78, 5) is 13.8. The van der Waals surface area contributed by atoms with E-state index in [0.29, 0.717) is 29.8 Å². The van der Waals surface area contributed by atoms with Crippen molar-refractivity contribution in [2.24, 2.45) is 0 Å². The van der Waals surface area contributed by atoms with Crippen LogP contribution in [0.1, 0.15) is 29.9 Å². The zero-order chi connectivity index (χ0) is 24.4. The van der Waals surface area contributed by atoms with Crippen LogP contribution in [-0.4, -0.2) is 29.5 Å². The van der Waals surface area contributed by atoms with E-state index >= 15 is 0 Å². The lowest BCUT2D eigenvalue weighted by molar-refractivity contribution is 0.187. The van der Waals surface area contributed by atoms with E-state index in [4.69, 9.17) is 8.83 Å². The molecule has 0 aliphatic heterocycles. The molecule has 35 heavy (non-hydrogen) atoms. The Bertz CT molecular complexity index is 1410. The Balaban J connectivity index is 1.41. The predicted octanol–water partition coefficient (Wildman–Crippen LogP) is 6.29. The molecule has 0 N–H and O–H groups in total. The highest BCUT2D eigenvalue weighted by molar-refractivity contribution is 7.90. The molecule has 4 heterocycles. The molecule has 4 aromatic heterocycles. The van der Waals surface area contributed by atoms with Gasteiger partial charge in [0.25, 0.3) is 0 Å². The zero-order valence-electron chi connectivity index (χ0n) is 19.1. The van der Waals surface area contributed by atoms with Gasteiger partial charge in [-0.05, 0) is 47.5 Å². The minimum absolute atomic E-state index is 0.0487. The lowest BCUT2D eigenvalue weighted by Gasteiger charge is -2.28. The maximum atomic E-state index is 11.9. The molecule has 0 fully saturated rings. The van der Waals surface area contributed by atoms with Gasteiger partial charge in [-0.15, -0.1) is 22.7 Å². The van der Waals surface area contributed by atoms with Crippen molar-refractivity contribution in [3.05, 3.63) is 88.8 Å². The second-order valence-electron chi connectivity index (χ2n) is 8.16. The number of rotatable bonds is 9. The molecular weight excluding hydrogens is 502 g/mol. The first-order chi connectivity index (χ1) is 16.9. The lowest BCUT2D eigenvalue weighted by Crippen LogP contribution is -2.26. The fourth-order valence-electron chi connectivity index (χ4n) is 3.74. The minimum Gasteiger partial charge on any atom is -0.444 e. The van der Waals surface area contributed by atoms with E-state index in [-0.39, 0.29) is 6.04 Å². The van der Waals surface area contributed by atoms with Crippen molar-refractivity contribution in [3.8, 4) is 21.5 Å². The molecule has 0 saturated heterocycles. The van der Waals surface area contributed by atoms with Crippen molar-refractivity contribution >= 4 is 32.5 Å². The van der Waals surface area contributed by atoms with Gasteiger partial charge in [0.15, 0.2) is 9.84 Å². The van der Waals surface area contributed by atoms with Crippen molar-refractivity contribution in [1.29, 1.82) is 0 Å². The van der Waals surface area contributed by atoms with Crippen molar-refractivity contribution in [1.82, 2.24) is 14.9 Å². The van der Waals surface area contributed by atoms with Crippen LogP contribution in [0.2, 0.25) is 0 Å². The van der Waals surface area contributed by atoms with E-state index in [1.165, 1.54) is 6.26 Å². The van der Waals surface area contributed by atoms with Crippen molar-refractivity contribution in [2.45, 2.75) is 31.0 Å². The van der Waals surface area contributed by atoms with Gasteiger partial charge in [0, 0.05) is 25.4 Å². The normalized spacial score (nSPS) is 12.9. The average molecular weight is 526 g/mol. The van der Waals surface area contributed by atoms with Gasteiger partial charge in [-0.1, -0.05) is 24.3 Å². The Hall–Kier alpha value is -3.05. The molecule has 0 aliphatic carbocycles. The lowest BCUT2D eigenvalue weighted by atomic mass is 10.1. The van der Waals surface area contributed by atoms with Crippen molar-refractivity contribution in [3.63, 3.8) is 0 Å². The summed E-state index contributed by atoms with van der Waals surface area (Å²) >= 11 is 3.16. The second kappa shape index (κ2) is 9.90. The van der Waals surface area contributed by atoms with Gasteiger partial charge in [0.05, 0.1) is 26.0 Å². The van der Waals surface area contributed by atoms with Gasteiger partial charge in [0.1, 0.15) is 12.5 Å². The number of thiophene rings is 2. The van der Waals surface area contributed by atoms with Gasteiger partial charge >= 0.3 is 0 Å². The predicted molar refractivity (Wildman–Crippen MR) is 137 cm³/mol. The van der Waals surface area contributed by atoms with Gasteiger partial charge in [0.2, 0.25) is 11.8 Å². The summed E-state index contributed by atoms with van der Waals surface area (Å²) < 4.78 is 35.2. The van der Waals surface area contributed by atoms with Crippen LogP contribution in [0.25, 0.3) is 21.5 Å². The quantitative estimate of drug-likeness (QED) is 0.223. The van der Waals surface area contributed by atoms with Gasteiger partial charge in [-0.3, -0.25) is 4.90 Å². The first-order valence-electron chi connectivity index (χ1n) is 10.9. The molecule has 0 aliphatic rings. The molecule has 180 valence electrons. The molecule has 0 spiro atoms. The summed E-state index contributed by atoms with van der Waals surface area (Å²) in [7, 11) is -3.26. The summed E-state index contributed by atoms with van der Waals surface area (Å²) in [6, 6.07) is 14.8. The molecule has 0 radical (unpaired) electrons. The van der Waals surface area contributed by atoms with Crippen LogP contribution >= 0.6 is 22.7 Å². The molecule has 0 amide bonds. The Morgan fingerprint density at radius 3 is 1.80 bits per heavy atom. The topological polar surface area (TPSA) is 89.4 Å². The molecule has 0 bridgehead atoms. The highest BCUT2D eigenvalue weighted by Gasteiger charge is 2.21. The first kappa shape index (κ1) is 23.7.